The van der Waals surface area contributed by atoms with Gasteiger partial charge in [-0.25, -0.2) is 0 Å². The van der Waals surface area contributed by atoms with Gasteiger partial charge < -0.3 is 4.74 Å². The number of Topliss-reactive ketones (excluding diaryl/α,β-unsaturated/α-hetero) is 1. The number of ketones is 1. The van der Waals surface area contributed by atoms with Crippen molar-refractivity contribution in [2.75, 3.05) is 26.8 Å². The van der Waals surface area contributed by atoms with Gasteiger partial charge in [-0.2, -0.15) is 4.90 Å². The minimum atomic E-state index is -0.00579. The first-order valence-electron chi connectivity index (χ1n) is 3.50. The number of likely N-dealkylation sites (N-methyl/N-ethyl adjacent to an activating group) is 1. The minimum absolute atomic E-state index is 0.00579. The average Bonchev–Trinajstić information content (AvgIpc) is 1.88. The second-order valence-electron chi connectivity index (χ2n) is 2.68. The first kappa shape index (κ1) is 7.69. The Kier molecular flexibility index (Phi) is 2.40. The van der Waals surface area contributed by atoms with Crippen LogP contribution >= 0.6 is 0 Å². The van der Waals surface area contributed by atoms with Crippen LogP contribution in [0.25, 0.3) is 0 Å². The molecule has 3 heteroatoms. The summed E-state index contributed by atoms with van der Waals surface area (Å²) < 4.78 is 5.15. The molecule has 1 rings (SSSR count). The van der Waals surface area contributed by atoms with Crippen LogP contribution in [0.15, 0.2) is 0 Å². The third kappa shape index (κ3) is 1.55. The highest BCUT2D eigenvalue weighted by Crippen LogP contribution is 2.01. The molecule has 1 radical (unpaired) electrons. The topological polar surface area (TPSA) is 32.2 Å². The van der Waals surface area contributed by atoms with Gasteiger partial charge in [-0.05, 0) is 0 Å². The second kappa shape index (κ2) is 3.12. The fourth-order valence-electron chi connectivity index (χ4n) is 1.11. The minimum Gasteiger partial charge on any atom is -0.368 e. The maximum Gasteiger partial charge on any atom is 0.214 e. The monoisotopic (exact) mass is 143 g/mol. The van der Waals surface area contributed by atoms with Crippen LogP contribution in [-0.4, -0.2) is 38.6 Å². The molecule has 1 aliphatic heterocycles. The van der Waals surface area contributed by atoms with E-state index >= 15 is 0 Å². The maximum atomic E-state index is 10.9. The van der Waals surface area contributed by atoms with Gasteiger partial charge in [0.1, 0.15) is 26.8 Å². The molecule has 0 spiro atoms. The molecule has 0 aromatic rings. The Morgan fingerprint density at radius 2 is 2.40 bits per heavy atom. The lowest BCUT2D eigenvalue weighted by Crippen LogP contribution is -2.50. The summed E-state index contributed by atoms with van der Waals surface area (Å²) >= 11 is 0. The molecule has 57 valence electrons. The summed E-state index contributed by atoms with van der Waals surface area (Å²) in [4.78, 5) is 12.9. The van der Waals surface area contributed by atoms with Crippen LogP contribution in [-0.2, 0) is 9.53 Å². The van der Waals surface area contributed by atoms with Crippen LogP contribution in [0.5, 0.6) is 0 Å². The van der Waals surface area contributed by atoms with Gasteiger partial charge in [0.15, 0.2) is 5.78 Å². The van der Waals surface area contributed by atoms with Gasteiger partial charge in [0, 0.05) is 6.92 Å². The van der Waals surface area contributed by atoms with Crippen molar-refractivity contribution in [1.82, 2.24) is 4.90 Å². The highest BCUT2D eigenvalue weighted by atomic mass is 16.5. The summed E-state index contributed by atoms with van der Waals surface area (Å²) in [7, 11) is 1.95. The molecule has 1 aliphatic rings. The molecule has 0 aromatic carbocycles. The maximum absolute atomic E-state index is 10.9. The number of ether oxygens (including phenoxy) is 1. The predicted octanol–water partition coefficient (Wildman–Crippen LogP) is -0.256. The molecular weight excluding hydrogens is 130 g/mol. The van der Waals surface area contributed by atoms with E-state index in [4.69, 9.17) is 4.74 Å². The van der Waals surface area contributed by atoms with Gasteiger partial charge in [-0.1, -0.05) is 0 Å². The number of hydrogen-bond donors (Lipinski definition) is 0. The van der Waals surface area contributed by atoms with Gasteiger partial charge in [-0.3, -0.25) is 4.79 Å². The molecule has 10 heavy (non-hydrogen) atoms. The SMILES string of the molecule is CC(=O)C1COCC[N+]1C. The molecule has 1 fully saturated rings. The second-order valence-corrected chi connectivity index (χ2v) is 2.68. The largest absolute Gasteiger partial charge is 0.368 e. The number of carbonyl (C=O) groups excluding carboxylic acids is 1. The molecule has 0 aromatic heterocycles. The van der Waals surface area contributed by atoms with E-state index in [-0.39, 0.29) is 11.8 Å². The molecule has 0 aliphatic carbocycles. The van der Waals surface area contributed by atoms with Crippen LogP contribution in [0.4, 0.5) is 0 Å². The summed E-state index contributed by atoms with van der Waals surface area (Å²) in [5.41, 5.74) is 0. The average molecular weight is 143 g/mol. The number of rotatable bonds is 1. The van der Waals surface area contributed by atoms with E-state index in [1.807, 2.05) is 11.9 Å². The molecule has 3 nitrogen and oxygen atoms in total. The van der Waals surface area contributed by atoms with Crippen molar-refractivity contribution in [3.8, 4) is 0 Å². The van der Waals surface area contributed by atoms with Gasteiger partial charge in [0.2, 0.25) is 6.04 Å². The van der Waals surface area contributed by atoms with E-state index in [1.165, 1.54) is 0 Å². The van der Waals surface area contributed by atoms with E-state index in [0.29, 0.717) is 6.61 Å². The quantitative estimate of drug-likeness (QED) is 0.474. The smallest absolute Gasteiger partial charge is 0.214 e. The van der Waals surface area contributed by atoms with Gasteiger partial charge in [0.25, 0.3) is 0 Å². The standard InChI is InChI=1S/C7H13NO2/c1-6(9)7-5-10-4-3-8(7)2/h7H,3-5H2,1-2H3/q+1. The zero-order chi connectivity index (χ0) is 7.56. The van der Waals surface area contributed by atoms with Crippen LogP contribution in [0.2, 0.25) is 0 Å². The molecule has 0 bridgehead atoms. The van der Waals surface area contributed by atoms with E-state index in [1.54, 1.807) is 6.92 Å². The summed E-state index contributed by atoms with van der Waals surface area (Å²) in [6, 6.07) is -0.00579. The number of morpholine rings is 1. The fourth-order valence-corrected chi connectivity index (χ4v) is 1.11. The molecule has 1 saturated heterocycles. The van der Waals surface area contributed by atoms with Crippen molar-refractivity contribution in [2.45, 2.75) is 13.0 Å². The van der Waals surface area contributed by atoms with Crippen molar-refractivity contribution >= 4 is 5.78 Å². The fraction of sp³-hybridized carbons (Fsp3) is 0.857. The van der Waals surface area contributed by atoms with E-state index in [9.17, 15) is 4.79 Å². The van der Waals surface area contributed by atoms with Crippen LogP contribution in [0, 0.1) is 0 Å². The van der Waals surface area contributed by atoms with Gasteiger partial charge in [0.05, 0.1) is 0 Å². The summed E-state index contributed by atoms with van der Waals surface area (Å²) in [6.45, 7) is 3.78. The normalized spacial score (nSPS) is 28.4. The number of hydrogen-bond acceptors (Lipinski definition) is 3. The first-order valence-corrected chi connectivity index (χ1v) is 3.50. The highest BCUT2D eigenvalue weighted by Gasteiger charge is 2.31. The highest BCUT2D eigenvalue weighted by molar-refractivity contribution is 5.82. The Balaban J connectivity index is 2.47. The van der Waals surface area contributed by atoms with Gasteiger partial charge >= 0.3 is 0 Å². The Morgan fingerprint density at radius 1 is 1.70 bits per heavy atom. The molecule has 1 atom stereocenters. The van der Waals surface area contributed by atoms with Crippen molar-refractivity contribution in [3.05, 3.63) is 0 Å². The molecular formula is C7H13NO2+. The number of nitrogens with zero attached hydrogens (tertiary/aromatic N) is 1. The first-order chi connectivity index (χ1) is 4.72. The van der Waals surface area contributed by atoms with Crippen LogP contribution < -0.4 is 4.90 Å². The molecule has 0 saturated carbocycles. The van der Waals surface area contributed by atoms with Crippen molar-refractivity contribution in [3.63, 3.8) is 0 Å². The van der Waals surface area contributed by atoms with E-state index in [2.05, 4.69) is 0 Å². The predicted molar refractivity (Wildman–Crippen MR) is 38.2 cm³/mol. The molecule has 0 amide bonds. The lowest BCUT2D eigenvalue weighted by Gasteiger charge is -2.21. The summed E-state index contributed by atoms with van der Waals surface area (Å²) in [6.07, 6.45) is 0. The van der Waals surface area contributed by atoms with Crippen LogP contribution in [0.3, 0.4) is 0 Å². The Bertz CT molecular complexity index is 136. The lowest BCUT2D eigenvalue weighted by atomic mass is 10.2. The van der Waals surface area contributed by atoms with Crippen LogP contribution in [0.1, 0.15) is 6.92 Å². The number of carbonyl (C=O) groups is 1. The Hall–Kier alpha value is -0.410. The summed E-state index contributed by atoms with van der Waals surface area (Å²) in [5, 5.41) is 0. The van der Waals surface area contributed by atoms with Crippen molar-refractivity contribution in [2.24, 2.45) is 0 Å². The third-order valence-corrected chi connectivity index (χ3v) is 1.87. The molecule has 1 heterocycles. The van der Waals surface area contributed by atoms with Gasteiger partial charge in [-0.15, -0.1) is 0 Å². The Morgan fingerprint density at radius 3 is 2.80 bits per heavy atom. The van der Waals surface area contributed by atoms with Crippen molar-refractivity contribution < 1.29 is 9.53 Å². The lowest BCUT2D eigenvalue weighted by molar-refractivity contribution is -0.123. The van der Waals surface area contributed by atoms with Crippen molar-refractivity contribution in [1.29, 1.82) is 0 Å². The molecule has 1 unspecified atom stereocenters. The molecule has 0 N–H and O–H groups in total. The van der Waals surface area contributed by atoms with E-state index < -0.39 is 0 Å². The summed E-state index contributed by atoms with van der Waals surface area (Å²) in [5.74, 6) is 0.196. The zero-order valence-electron chi connectivity index (χ0n) is 6.46. The Labute approximate surface area is 61.0 Å². The zero-order valence-corrected chi connectivity index (χ0v) is 6.46. The third-order valence-electron chi connectivity index (χ3n) is 1.87. The van der Waals surface area contributed by atoms with E-state index in [0.717, 1.165) is 13.2 Å².